The van der Waals surface area contributed by atoms with Crippen LogP contribution in [0.4, 0.5) is 4.39 Å². The van der Waals surface area contributed by atoms with E-state index in [0.717, 1.165) is 5.56 Å². The second-order valence-corrected chi connectivity index (χ2v) is 5.29. The SMILES string of the molecule is CCCCCC(C)NC(C)c1ccc(C)c(F)c1. The summed E-state index contributed by atoms with van der Waals surface area (Å²) >= 11 is 0. The summed E-state index contributed by atoms with van der Waals surface area (Å²) in [6.45, 7) is 8.32. The van der Waals surface area contributed by atoms with E-state index in [-0.39, 0.29) is 11.9 Å². The molecule has 2 heteroatoms. The maximum atomic E-state index is 13.5. The van der Waals surface area contributed by atoms with E-state index in [0.29, 0.717) is 11.6 Å². The molecule has 0 amide bonds. The normalized spacial score (nSPS) is 14.5. The Bertz CT molecular complexity index is 362. The Morgan fingerprint density at radius 1 is 1.22 bits per heavy atom. The van der Waals surface area contributed by atoms with Crippen LogP contribution in [0.3, 0.4) is 0 Å². The van der Waals surface area contributed by atoms with Crippen LogP contribution in [-0.4, -0.2) is 6.04 Å². The number of halogens is 1. The molecule has 0 bridgehead atoms. The second kappa shape index (κ2) is 7.52. The van der Waals surface area contributed by atoms with Crippen molar-refractivity contribution in [2.45, 2.75) is 65.5 Å². The van der Waals surface area contributed by atoms with E-state index in [2.05, 4.69) is 26.1 Å². The average Bonchev–Trinajstić information content (AvgIpc) is 2.33. The Hall–Kier alpha value is -0.890. The standard InChI is InChI=1S/C16H26FN/c1-5-6-7-8-13(3)18-14(4)15-10-9-12(2)16(17)11-15/h9-11,13-14,18H,5-8H2,1-4H3. The first-order chi connectivity index (χ1) is 8.54. The van der Waals surface area contributed by atoms with E-state index in [1.54, 1.807) is 13.0 Å². The van der Waals surface area contributed by atoms with Crippen molar-refractivity contribution in [2.24, 2.45) is 0 Å². The highest BCUT2D eigenvalue weighted by Crippen LogP contribution is 2.17. The van der Waals surface area contributed by atoms with Crippen molar-refractivity contribution in [3.63, 3.8) is 0 Å². The fraction of sp³-hybridized carbons (Fsp3) is 0.625. The van der Waals surface area contributed by atoms with Gasteiger partial charge < -0.3 is 5.32 Å². The van der Waals surface area contributed by atoms with Gasteiger partial charge in [-0.15, -0.1) is 0 Å². The molecule has 0 spiro atoms. The summed E-state index contributed by atoms with van der Waals surface area (Å²) in [7, 11) is 0. The van der Waals surface area contributed by atoms with Gasteiger partial charge in [0.05, 0.1) is 0 Å². The lowest BCUT2D eigenvalue weighted by atomic mass is 10.0. The first kappa shape index (κ1) is 15.2. The van der Waals surface area contributed by atoms with Crippen LogP contribution in [-0.2, 0) is 0 Å². The molecule has 18 heavy (non-hydrogen) atoms. The van der Waals surface area contributed by atoms with Gasteiger partial charge in [0, 0.05) is 12.1 Å². The van der Waals surface area contributed by atoms with E-state index < -0.39 is 0 Å². The number of hydrogen-bond acceptors (Lipinski definition) is 1. The van der Waals surface area contributed by atoms with Crippen molar-refractivity contribution in [3.05, 3.63) is 35.1 Å². The minimum Gasteiger partial charge on any atom is -0.308 e. The molecule has 102 valence electrons. The second-order valence-electron chi connectivity index (χ2n) is 5.29. The van der Waals surface area contributed by atoms with Gasteiger partial charge in [0.15, 0.2) is 0 Å². The van der Waals surface area contributed by atoms with E-state index in [9.17, 15) is 4.39 Å². The fourth-order valence-electron chi connectivity index (χ4n) is 2.19. The maximum absolute atomic E-state index is 13.5. The number of unbranched alkanes of at least 4 members (excludes halogenated alkanes) is 2. The van der Waals surface area contributed by atoms with Crippen molar-refractivity contribution in [1.82, 2.24) is 5.32 Å². The highest BCUT2D eigenvalue weighted by Gasteiger charge is 2.10. The Labute approximate surface area is 111 Å². The van der Waals surface area contributed by atoms with Crippen molar-refractivity contribution in [1.29, 1.82) is 0 Å². The lowest BCUT2D eigenvalue weighted by Gasteiger charge is -2.20. The molecule has 2 atom stereocenters. The molecule has 1 nitrogen and oxygen atoms in total. The van der Waals surface area contributed by atoms with Crippen LogP contribution in [0.25, 0.3) is 0 Å². The molecule has 0 aliphatic rings. The van der Waals surface area contributed by atoms with Crippen molar-refractivity contribution >= 4 is 0 Å². The summed E-state index contributed by atoms with van der Waals surface area (Å²) in [5, 5.41) is 3.54. The number of aryl methyl sites for hydroxylation is 1. The smallest absolute Gasteiger partial charge is 0.126 e. The maximum Gasteiger partial charge on any atom is 0.126 e. The Morgan fingerprint density at radius 2 is 1.94 bits per heavy atom. The minimum atomic E-state index is -0.111. The minimum absolute atomic E-state index is 0.111. The summed E-state index contributed by atoms with van der Waals surface area (Å²) in [6, 6.07) is 6.19. The molecule has 2 unspecified atom stereocenters. The van der Waals surface area contributed by atoms with Gasteiger partial charge in [-0.3, -0.25) is 0 Å². The van der Waals surface area contributed by atoms with E-state index in [4.69, 9.17) is 0 Å². The van der Waals surface area contributed by atoms with Crippen LogP contribution in [0.15, 0.2) is 18.2 Å². The van der Waals surface area contributed by atoms with E-state index in [1.807, 2.05) is 12.1 Å². The van der Waals surface area contributed by atoms with Crippen molar-refractivity contribution < 1.29 is 4.39 Å². The van der Waals surface area contributed by atoms with Crippen LogP contribution in [0.2, 0.25) is 0 Å². The summed E-state index contributed by atoms with van der Waals surface area (Å²) < 4.78 is 13.5. The average molecular weight is 251 g/mol. The quantitative estimate of drug-likeness (QED) is 0.689. The Balaban J connectivity index is 2.48. The number of benzene rings is 1. The number of rotatable bonds is 7. The summed E-state index contributed by atoms with van der Waals surface area (Å²) in [6.07, 6.45) is 5.00. The largest absolute Gasteiger partial charge is 0.308 e. The monoisotopic (exact) mass is 251 g/mol. The van der Waals surface area contributed by atoms with Crippen molar-refractivity contribution in [2.75, 3.05) is 0 Å². The van der Waals surface area contributed by atoms with Gasteiger partial charge >= 0.3 is 0 Å². The lowest BCUT2D eigenvalue weighted by Crippen LogP contribution is -2.28. The molecule has 0 aromatic heterocycles. The topological polar surface area (TPSA) is 12.0 Å². The molecule has 0 aliphatic heterocycles. The first-order valence-corrected chi connectivity index (χ1v) is 7.06. The first-order valence-electron chi connectivity index (χ1n) is 7.06. The van der Waals surface area contributed by atoms with Gasteiger partial charge in [-0.1, -0.05) is 38.3 Å². The molecule has 0 aliphatic carbocycles. The number of hydrogen-bond donors (Lipinski definition) is 1. The zero-order valence-electron chi connectivity index (χ0n) is 12.1. The Kier molecular flexibility index (Phi) is 6.34. The molecule has 1 rings (SSSR count). The molecule has 0 saturated carbocycles. The van der Waals surface area contributed by atoms with Gasteiger partial charge in [-0.05, 0) is 44.4 Å². The highest BCUT2D eigenvalue weighted by molar-refractivity contribution is 5.25. The summed E-state index contributed by atoms with van der Waals surface area (Å²) in [4.78, 5) is 0. The summed E-state index contributed by atoms with van der Waals surface area (Å²) in [5.41, 5.74) is 1.74. The van der Waals surface area contributed by atoms with Gasteiger partial charge in [0.25, 0.3) is 0 Å². The van der Waals surface area contributed by atoms with E-state index >= 15 is 0 Å². The molecule has 1 aromatic carbocycles. The molecule has 0 heterocycles. The van der Waals surface area contributed by atoms with Crippen LogP contribution in [0, 0.1) is 12.7 Å². The molecular formula is C16H26FN. The summed E-state index contributed by atoms with van der Waals surface area (Å²) in [5.74, 6) is -0.111. The Morgan fingerprint density at radius 3 is 2.56 bits per heavy atom. The molecule has 1 aromatic rings. The zero-order valence-corrected chi connectivity index (χ0v) is 12.1. The predicted molar refractivity (Wildman–Crippen MR) is 76.3 cm³/mol. The van der Waals surface area contributed by atoms with Crippen LogP contribution >= 0.6 is 0 Å². The third-order valence-corrected chi connectivity index (χ3v) is 3.47. The lowest BCUT2D eigenvalue weighted by molar-refractivity contribution is 0.439. The van der Waals surface area contributed by atoms with E-state index in [1.165, 1.54) is 25.7 Å². The molecule has 0 fully saturated rings. The van der Waals surface area contributed by atoms with Crippen LogP contribution < -0.4 is 5.32 Å². The van der Waals surface area contributed by atoms with Crippen LogP contribution in [0.5, 0.6) is 0 Å². The van der Waals surface area contributed by atoms with Gasteiger partial charge in [-0.2, -0.15) is 0 Å². The van der Waals surface area contributed by atoms with Gasteiger partial charge in [0.1, 0.15) is 5.82 Å². The molecular weight excluding hydrogens is 225 g/mol. The molecule has 0 saturated heterocycles. The van der Waals surface area contributed by atoms with Gasteiger partial charge in [0.2, 0.25) is 0 Å². The third kappa shape index (κ3) is 4.77. The fourth-order valence-corrected chi connectivity index (χ4v) is 2.19. The van der Waals surface area contributed by atoms with Crippen LogP contribution in [0.1, 0.15) is 63.6 Å². The highest BCUT2D eigenvalue weighted by atomic mass is 19.1. The zero-order chi connectivity index (χ0) is 13.5. The number of nitrogens with one attached hydrogen (secondary N) is 1. The molecule has 0 radical (unpaired) electrons. The molecule has 1 N–H and O–H groups in total. The van der Waals surface area contributed by atoms with Crippen molar-refractivity contribution in [3.8, 4) is 0 Å². The predicted octanol–water partition coefficient (Wildman–Crippen LogP) is 4.75. The third-order valence-electron chi connectivity index (χ3n) is 3.47. The van der Waals surface area contributed by atoms with Gasteiger partial charge in [-0.25, -0.2) is 4.39 Å².